The van der Waals surface area contributed by atoms with Crippen LogP contribution in [0.3, 0.4) is 0 Å². The molecule has 0 radical (unpaired) electrons. The van der Waals surface area contributed by atoms with Crippen molar-refractivity contribution in [3.8, 4) is 0 Å². The van der Waals surface area contributed by atoms with E-state index in [2.05, 4.69) is 13.5 Å². The number of fused-ring (bicyclic) bond motifs is 2. The molecule has 2 heteroatoms. The number of carbonyl (C=O) groups is 1. The summed E-state index contributed by atoms with van der Waals surface area (Å²) in [6.07, 6.45) is 4.08. The van der Waals surface area contributed by atoms with Crippen LogP contribution in [0.15, 0.2) is 11.6 Å². The second-order valence-electron chi connectivity index (χ2n) is 4.68. The Morgan fingerprint density at radius 1 is 1.69 bits per heavy atom. The fourth-order valence-corrected chi connectivity index (χ4v) is 3.37. The van der Waals surface area contributed by atoms with E-state index in [4.69, 9.17) is 11.6 Å². The van der Waals surface area contributed by atoms with E-state index >= 15 is 0 Å². The number of carbonyl (C=O) groups excluding carboxylic acids is 1. The van der Waals surface area contributed by atoms with E-state index in [1.54, 1.807) is 0 Å². The van der Waals surface area contributed by atoms with Gasteiger partial charge in [-0.05, 0) is 31.6 Å². The van der Waals surface area contributed by atoms with E-state index in [0.717, 1.165) is 12.8 Å². The maximum atomic E-state index is 11.9. The van der Waals surface area contributed by atoms with Crippen LogP contribution in [0.25, 0.3) is 0 Å². The molecule has 0 N–H and O–H groups in total. The molecule has 2 fully saturated rings. The Hall–Kier alpha value is -0.300. The van der Waals surface area contributed by atoms with Crippen LogP contribution in [0.2, 0.25) is 0 Å². The number of Topliss-reactive ketones (excluding diaryl/α,β-unsaturated/α-hetero) is 1. The van der Waals surface area contributed by atoms with Gasteiger partial charge in [0, 0.05) is 16.4 Å². The van der Waals surface area contributed by atoms with E-state index in [-0.39, 0.29) is 5.41 Å². The van der Waals surface area contributed by atoms with Crippen molar-refractivity contribution >= 4 is 17.4 Å². The quantitative estimate of drug-likeness (QED) is 0.667. The van der Waals surface area contributed by atoms with Gasteiger partial charge in [0.15, 0.2) is 0 Å². The third-order valence-electron chi connectivity index (χ3n) is 3.83. The molecule has 0 heterocycles. The molecule has 3 atom stereocenters. The van der Waals surface area contributed by atoms with Gasteiger partial charge in [0.2, 0.25) is 0 Å². The minimum Gasteiger partial charge on any atom is -0.299 e. The normalized spacial score (nSPS) is 42.8. The monoisotopic (exact) mass is 198 g/mol. The van der Waals surface area contributed by atoms with Gasteiger partial charge >= 0.3 is 0 Å². The lowest BCUT2D eigenvalue weighted by Crippen LogP contribution is -2.33. The molecule has 0 amide bonds. The van der Waals surface area contributed by atoms with Crippen molar-refractivity contribution in [3.63, 3.8) is 0 Å². The lowest BCUT2D eigenvalue weighted by atomic mass is 9.71. The molecule has 0 aromatic heterocycles. The summed E-state index contributed by atoms with van der Waals surface area (Å²) in [5.41, 5.74) is -0.179. The van der Waals surface area contributed by atoms with Crippen molar-refractivity contribution in [1.29, 1.82) is 0 Å². The van der Waals surface area contributed by atoms with Gasteiger partial charge in [0.1, 0.15) is 5.78 Å². The molecule has 2 aliphatic rings. The van der Waals surface area contributed by atoms with Crippen molar-refractivity contribution in [3.05, 3.63) is 11.6 Å². The Labute approximate surface area is 84.2 Å². The van der Waals surface area contributed by atoms with Gasteiger partial charge < -0.3 is 0 Å². The lowest BCUT2D eigenvalue weighted by Gasteiger charge is -2.32. The van der Waals surface area contributed by atoms with Crippen LogP contribution in [0.5, 0.6) is 0 Å². The van der Waals surface area contributed by atoms with Crippen LogP contribution in [0.1, 0.15) is 32.6 Å². The molecular weight excluding hydrogens is 184 g/mol. The number of rotatable bonds is 2. The summed E-state index contributed by atoms with van der Waals surface area (Å²) in [7, 11) is 0. The highest BCUT2D eigenvalue weighted by atomic mass is 35.5. The first-order chi connectivity index (χ1) is 6.04. The summed E-state index contributed by atoms with van der Waals surface area (Å²) < 4.78 is 0. The SMILES string of the molecule is C=C(Cl)C[C@]1(C)C(=O)[C@H]2CC[C@@H]1C2. The summed E-state index contributed by atoms with van der Waals surface area (Å²) in [6.45, 7) is 5.76. The molecule has 2 rings (SSSR count). The first-order valence-electron chi connectivity index (χ1n) is 4.91. The zero-order valence-corrected chi connectivity index (χ0v) is 8.73. The minimum absolute atomic E-state index is 0.179. The van der Waals surface area contributed by atoms with Crippen LogP contribution >= 0.6 is 11.6 Å². The molecule has 0 aromatic carbocycles. The maximum Gasteiger partial charge on any atom is 0.142 e. The first-order valence-corrected chi connectivity index (χ1v) is 5.29. The summed E-state index contributed by atoms with van der Waals surface area (Å²) in [6, 6.07) is 0. The molecule has 0 aliphatic heterocycles. The van der Waals surface area contributed by atoms with Crippen molar-refractivity contribution < 1.29 is 4.79 Å². The summed E-state index contributed by atoms with van der Waals surface area (Å²) in [4.78, 5) is 11.9. The van der Waals surface area contributed by atoms with E-state index < -0.39 is 0 Å². The van der Waals surface area contributed by atoms with E-state index in [0.29, 0.717) is 29.1 Å². The molecule has 72 valence electrons. The number of halogens is 1. The number of hydrogen-bond donors (Lipinski definition) is 0. The molecule has 0 aromatic rings. The second-order valence-corrected chi connectivity index (χ2v) is 5.22. The Morgan fingerprint density at radius 3 is 2.85 bits per heavy atom. The highest BCUT2D eigenvalue weighted by Gasteiger charge is 2.54. The number of ketones is 1. The number of allylic oxidation sites excluding steroid dienone is 1. The fourth-order valence-electron chi connectivity index (χ4n) is 3.10. The van der Waals surface area contributed by atoms with Crippen molar-refractivity contribution in [1.82, 2.24) is 0 Å². The molecule has 2 bridgehead atoms. The highest BCUT2D eigenvalue weighted by molar-refractivity contribution is 6.29. The molecule has 0 saturated heterocycles. The standard InChI is InChI=1S/C11H15ClO/c1-7(12)6-11(2)9-4-3-8(5-9)10(11)13/h8-9H,1,3-6H2,2H3/t8-,9+,11-/m0/s1. The van der Waals surface area contributed by atoms with Crippen LogP contribution in [-0.2, 0) is 4.79 Å². The zero-order chi connectivity index (χ0) is 9.64. The highest BCUT2D eigenvalue weighted by Crippen LogP contribution is 2.55. The van der Waals surface area contributed by atoms with E-state index in [1.165, 1.54) is 6.42 Å². The largest absolute Gasteiger partial charge is 0.299 e. The minimum atomic E-state index is -0.179. The average Bonchev–Trinajstić information content (AvgIpc) is 2.54. The van der Waals surface area contributed by atoms with Crippen molar-refractivity contribution in [2.45, 2.75) is 32.6 Å². The van der Waals surface area contributed by atoms with Gasteiger partial charge in [0.05, 0.1) is 0 Å². The molecule has 2 aliphatic carbocycles. The van der Waals surface area contributed by atoms with Gasteiger partial charge in [-0.1, -0.05) is 25.1 Å². The van der Waals surface area contributed by atoms with Crippen molar-refractivity contribution in [2.24, 2.45) is 17.3 Å². The van der Waals surface area contributed by atoms with E-state index in [9.17, 15) is 4.79 Å². The Balaban J connectivity index is 2.22. The summed E-state index contributed by atoms with van der Waals surface area (Å²) in [5.74, 6) is 1.34. The lowest BCUT2D eigenvalue weighted by molar-refractivity contribution is -0.131. The zero-order valence-electron chi connectivity index (χ0n) is 7.98. The van der Waals surface area contributed by atoms with E-state index in [1.807, 2.05) is 0 Å². The smallest absolute Gasteiger partial charge is 0.142 e. The molecule has 2 saturated carbocycles. The molecule has 13 heavy (non-hydrogen) atoms. The van der Waals surface area contributed by atoms with Gasteiger partial charge in [-0.3, -0.25) is 4.79 Å². The Bertz CT molecular complexity index is 271. The van der Waals surface area contributed by atoms with Gasteiger partial charge in [-0.25, -0.2) is 0 Å². The average molecular weight is 199 g/mol. The van der Waals surface area contributed by atoms with Gasteiger partial charge in [-0.15, -0.1) is 0 Å². The second kappa shape index (κ2) is 2.84. The summed E-state index contributed by atoms with van der Waals surface area (Å²) in [5, 5.41) is 0.628. The Kier molecular flexibility index (Phi) is 2.03. The van der Waals surface area contributed by atoms with Gasteiger partial charge in [0.25, 0.3) is 0 Å². The molecule has 0 spiro atoms. The van der Waals surface area contributed by atoms with Gasteiger partial charge in [-0.2, -0.15) is 0 Å². The molecule has 0 unspecified atom stereocenters. The Morgan fingerprint density at radius 2 is 2.38 bits per heavy atom. The number of hydrogen-bond acceptors (Lipinski definition) is 1. The predicted molar refractivity (Wildman–Crippen MR) is 53.6 cm³/mol. The van der Waals surface area contributed by atoms with Crippen molar-refractivity contribution in [2.75, 3.05) is 0 Å². The molecule has 1 nitrogen and oxygen atoms in total. The van der Waals surface area contributed by atoms with Crippen LogP contribution < -0.4 is 0 Å². The fraction of sp³-hybridized carbons (Fsp3) is 0.727. The van der Waals surface area contributed by atoms with Crippen LogP contribution in [0.4, 0.5) is 0 Å². The van der Waals surface area contributed by atoms with Crippen LogP contribution in [0, 0.1) is 17.3 Å². The third kappa shape index (κ3) is 1.25. The maximum absolute atomic E-state index is 11.9. The molecular formula is C11H15ClO. The summed E-state index contributed by atoms with van der Waals surface area (Å²) >= 11 is 5.80. The predicted octanol–water partition coefficient (Wildman–Crippen LogP) is 3.13. The third-order valence-corrected chi connectivity index (χ3v) is 3.96. The van der Waals surface area contributed by atoms with Crippen LogP contribution in [-0.4, -0.2) is 5.78 Å². The topological polar surface area (TPSA) is 17.1 Å². The first kappa shape index (κ1) is 9.26.